The molecule has 0 bridgehead atoms. The van der Waals surface area contributed by atoms with Crippen molar-refractivity contribution in [1.29, 1.82) is 0 Å². The summed E-state index contributed by atoms with van der Waals surface area (Å²) in [4.78, 5) is 11.1. The van der Waals surface area contributed by atoms with Gasteiger partial charge in [-0.2, -0.15) is 0 Å². The van der Waals surface area contributed by atoms with Gasteiger partial charge in [0.15, 0.2) is 5.11 Å². The molecule has 0 aromatic heterocycles. The smallest absolute Gasteiger partial charge is 0.273 e. The lowest BCUT2D eigenvalue weighted by molar-refractivity contribution is -0.115. The number of carbonyl (C=O) groups excluding carboxylic acids is 1. The molecule has 0 saturated carbocycles. The molecule has 60 valence electrons. The number of hydrogen-bond acceptors (Lipinski definition) is 2. The Kier molecular flexibility index (Phi) is 2.24. The first-order chi connectivity index (χ1) is 5.15. The number of rotatable bonds is 1. The maximum Gasteiger partial charge on any atom is 0.273 e. The first kappa shape index (κ1) is 8.20. The van der Waals surface area contributed by atoms with Crippen LogP contribution in [0.2, 0.25) is 0 Å². The fraction of sp³-hybridized carbons (Fsp3) is 0.429. The summed E-state index contributed by atoms with van der Waals surface area (Å²) >= 11 is 4.76. The highest BCUT2D eigenvalue weighted by Gasteiger charge is 2.21. The van der Waals surface area contributed by atoms with Crippen LogP contribution in [0.1, 0.15) is 20.3 Å². The molecule has 0 aromatic carbocycles. The molecule has 0 aliphatic carbocycles. The maximum absolute atomic E-state index is 11.1. The zero-order valence-electron chi connectivity index (χ0n) is 6.52. The molecular formula is C7H10N2OS. The molecule has 0 atom stereocenters. The molecule has 1 fully saturated rings. The van der Waals surface area contributed by atoms with Gasteiger partial charge in [0.2, 0.25) is 0 Å². The summed E-state index contributed by atoms with van der Waals surface area (Å²) in [5.74, 6) is -0.116. The van der Waals surface area contributed by atoms with Gasteiger partial charge in [-0.1, -0.05) is 6.92 Å². The van der Waals surface area contributed by atoms with Gasteiger partial charge in [-0.05, 0) is 31.1 Å². The van der Waals surface area contributed by atoms with Gasteiger partial charge in [0.25, 0.3) is 5.91 Å². The Morgan fingerprint density at radius 1 is 1.55 bits per heavy atom. The largest absolute Gasteiger partial charge is 0.328 e. The van der Waals surface area contributed by atoms with Gasteiger partial charge in [-0.3, -0.25) is 10.1 Å². The SMILES string of the molecule is CCC(C)=C1NC(=S)NC1=O. The highest BCUT2D eigenvalue weighted by Crippen LogP contribution is 2.08. The van der Waals surface area contributed by atoms with E-state index in [2.05, 4.69) is 10.6 Å². The van der Waals surface area contributed by atoms with Gasteiger partial charge < -0.3 is 5.32 Å². The van der Waals surface area contributed by atoms with E-state index in [0.717, 1.165) is 12.0 Å². The van der Waals surface area contributed by atoms with Crippen LogP contribution in [0.3, 0.4) is 0 Å². The first-order valence-electron chi connectivity index (χ1n) is 3.47. The molecule has 1 rings (SSSR count). The van der Waals surface area contributed by atoms with Gasteiger partial charge >= 0.3 is 0 Å². The second kappa shape index (κ2) is 3.00. The first-order valence-corrected chi connectivity index (χ1v) is 3.88. The van der Waals surface area contributed by atoms with Crippen molar-refractivity contribution < 1.29 is 4.79 Å². The summed E-state index contributed by atoms with van der Waals surface area (Å²) in [6, 6.07) is 0. The van der Waals surface area contributed by atoms with Crippen molar-refractivity contribution in [3.05, 3.63) is 11.3 Å². The van der Waals surface area contributed by atoms with Crippen molar-refractivity contribution in [3.63, 3.8) is 0 Å². The summed E-state index contributed by atoms with van der Waals surface area (Å²) < 4.78 is 0. The van der Waals surface area contributed by atoms with Crippen molar-refractivity contribution in [1.82, 2.24) is 10.6 Å². The van der Waals surface area contributed by atoms with Crippen LogP contribution in [0, 0.1) is 0 Å². The number of carbonyl (C=O) groups is 1. The molecule has 0 unspecified atom stereocenters. The molecule has 1 aliphatic heterocycles. The molecule has 11 heavy (non-hydrogen) atoms. The summed E-state index contributed by atoms with van der Waals surface area (Å²) in [6.45, 7) is 3.91. The molecule has 0 radical (unpaired) electrons. The third-order valence-electron chi connectivity index (χ3n) is 1.65. The van der Waals surface area contributed by atoms with Crippen molar-refractivity contribution >= 4 is 23.2 Å². The number of allylic oxidation sites excluding steroid dienone is 1. The van der Waals surface area contributed by atoms with Gasteiger partial charge in [0.1, 0.15) is 5.70 Å². The van der Waals surface area contributed by atoms with Crippen molar-refractivity contribution in [2.75, 3.05) is 0 Å². The van der Waals surface area contributed by atoms with E-state index in [1.165, 1.54) is 0 Å². The lowest BCUT2D eigenvalue weighted by Gasteiger charge is -1.98. The van der Waals surface area contributed by atoms with E-state index in [-0.39, 0.29) is 5.91 Å². The highest BCUT2D eigenvalue weighted by atomic mass is 32.1. The summed E-state index contributed by atoms with van der Waals surface area (Å²) in [5.41, 5.74) is 1.64. The molecular weight excluding hydrogens is 160 g/mol. The van der Waals surface area contributed by atoms with Crippen LogP contribution in [0.4, 0.5) is 0 Å². The van der Waals surface area contributed by atoms with Crippen LogP contribution in [-0.2, 0) is 4.79 Å². The number of hydrogen-bond donors (Lipinski definition) is 2. The fourth-order valence-electron chi connectivity index (χ4n) is 0.844. The number of thiocarbonyl (C=S) groups is 1. The van der Waals surface area contributed by atoms with Crippen LogP contribution >= 0.6 is 12.2 Å². The van der Waals surface area contributed by atoms with E-state index in [9.17, 15) is 4.79 Å². The van der Waals surface area contributed by atoms with Crippen LogP contribution in [0.5, 0.6) is 0 Å². The normalized spacial score (nSPS) is 21.3. The van der Waals surface area contributed by atoms with E-state index < -0.39 is 0 Å². The van der Waals surface area contributed by atoms with Gasteiger partial charge in [0.05, 0.1) is 0 Å². The molecule has 2 N–H and O–H groups in total. The second-order valence-corrected chi connectivity index (χ2v) is 2.83. The minimum Gasteiger partial charge on any atom is -0.328 e. The molecule has 0 spiro atoms. The lowest BCUT2D eigenvalue weighted by atomic mass is 10.2. The zero-order chi connectivity index (χ0) is 8.43. The monoisotopic (exact) mass is 170 g/mol. The average Bonchev–Trinajstić information content (AvgIpc) is 2.28. The van der Waals surface area contributed by atoms with E-state index in [4.69, 9.17) is 12.2 Å². The third kappa shape index (κ3) is 1.57. The average molecular weight is 170 g/mol. The maximum atomic E-state index is 11.1. The van der Waals surface area contributed by atoms with E-state index in [0.29, 0.717) is 10.8 Å². The Hall–Kier alpha value is -0.900. The second-order valence-electron chi connectivity index (χ2n) is 2.42. The number of amides is 1. The van der Waals surface area contributed by atoms with Crippen LogP contribution in [-0.4, -0.2) is 11.0 Å². The lowest BCUT2D eigenvalue weighted by Crippen LogP contribution is -2.21. The Bertz CT molecular complexity index is 245. The minimum absolute atomic E-state index is 0.116. The van der Waals surface area contributed by atoms with Gasteiger partial charge in [-0.15, -0.1) is 0 Å². The molecule has 1 heterocycles. The van der Waals surface area contributed by atoms with Crippen molar-refractivity contribution in [3.8, 4) is 0 Å². The Balaban J connectivity index is 2.90. The summed E-state index contributed by atoms with van der Waals surface area (Å²) in [7, 11) is 0. The minimum atomic E-state index is -0.116. The predicted octanol–water partition coefficient (Wildman–Crippen LogP) is 0.675. The molecule has 1 aliphatic rings. The number of nitrogens with one attached hydrogen (secondary N) is 2. The Morgan fingerprint density at radius 3 is 2.55 bits per heavy atom. The fourth-order valence-corrected chi connectivity index (χ4v) is 1.04. The standard InChI is InChI=1S/C7H10N2OS/c1-3-4(2)5-6(10)9-7(11)8-5/h3H2,1-2H3,(H2,8,9,10,11). The quantitative estimate of drug-likeness (QED) is 0.449. The van der Waals surface area contributed by atoms with E-state index in [1.54, 1.807) is 0 Å². The van der Waals surface area contributed by atoms with E-state index in [1.807, 2.05) is 13.8 Å². The Morgan fingerprint density at radius 2 is 2.18 bits per heavy atom. The topological polar surface area (TPSA) is 41.1 Å². The molecule has 4 heteroatoms. The van der Waals surface area contributed by atoms with Gasteiger partial charge in [-0.25, -0.2) is 0 Å². The van der Waals surface area contributed by atoms with Crippen molar-refractivity contribution in [2.24, 2.45) is 0 Å². The third-order valence-corrected chi connectivity index (χ3v) is 1.85. The molecule has 1 amide bonds. The van der Waals surface area contributed by atoms with Crippen LogP contribution in [0.25, 0.3) is 0 Å². The summed E-state index contributed by atoms with van der Waals surface area (Å²) in [6.07, 6.45) is 0.859. The summed E-state index contributed by atoms with van der Waals surface area (Å²) in [5, 5.41) is 5.71. The highest BCUT2D eigenvalue weighted by molar-refractivity contribution is 7.80. The van der Waals surface area contributed by atoms with Gasteiger partial charge in [0, 0.05) is 0 Å². The van der Waals surface area contributed by atoms with E-state index >= 15 is 0 Å². The molecule has 0 aromatic rings. The predicted molar refractivity (Wildman–Crippen MR) is 46.9 cm³/mol. The molecule has 3 nitrogen and oxygen atoms in total. The Labute approximate surface area is 70.9 Å². The van der Waals surface area contributed by atoms with Crippen LogP contribution in [0.15, 0.2) is 11.3 Å². The zero-order valence-corrected chi connectivity index (χ0v) is 7.34. The van der Waals surface area contributed by atoms with Crippen molar-refractivity contribution in [2.45, 2.75) is 20.3 Å². The molecule has 1 saturated heterocycles. The van der Waals surface area contributed by atoms with Crippen LogP contribution < -0.4 is 10.6 Å².